The van der Waals surface area contributed by atoms with Crippen LogP contribution in [-0.4, -0.2) is 105 Å². The van der Waals surface area contributed by atoms with Crippen LogP contribution in [-0.2, 0) is 57.1 Å². The van der Waals surface area contributed by atoms with Crippen LogP contribution in [0.3, 0.4) is 0 Å². The molecule has 0 bridgehead atoms. The van der Waals surface area contributed by atoms with Crippen LogP contribution >= 0.6 is 0 Å². The zero-order valence-electron chi connectivity index (χ0n) is 17.1. The van der Waals surface area contributed by atoms with Crippen LogP contribution in [0.4, 0.5) is 0 Å². The fourth-order valence-electron chi connectivity index (χ4n) is 1.82. The number of ether oxygens (including phenoxy) is 8. The van der Waals surface area contributed by atoms with Gasteiger partial charge < -0.3 is 37.9 Å². The molecule has 12 nitrogen and oxygen atoms in total. The summed E-state index contributed by atoms with van der Waals surface area (Å²) in [5.41, 5.74) is -1.38. The maximum Gasteiger partial charge on any atom is 0.332 e. The first-order valence-electron chi connectivity index (χ1n) is 8.40. The first kappa shape index (κ1) is 26.7. The topological polar surface area (TPSA) is 142 Å². The van der Waals surface area contributed by atoms with Crippen molar-refractivity contribution in [2.75, 3.05) is 81.3 Å². The van der Waals surface area contributed by atoms with Crippen molar-refractivity contribution >= 4 is 23.9 Å². The number of hydrogen-bond donors (Lipinski definition) is 0. The minimum Gasteiger partial charge on any atom is -0.463 e. The molecular weight excluding hydrogens is 396 g/mol. The zero-order chi connectivity index (χ0) is 22.1. The first-order chi connectivity index (χ1) is 13.8. The van der Waals surface area contributed by atoms with Crippen LogP contribution in [0.5, 0.6) is 0 Å². The largest absolute Gasteiger partial charge is 0.463 e. The van der Waals surface area contributed by atoms with Crippen LogP contribution in [0, 0.1) is 5.41 Å². The molecule has 0 radical (unpaired) electrons. The van der Waals surface area contributed by atoms with Gasteiger partial charge in [-0.05, 0) is 0 Å². The van der Waals surface area contributed by atoms with E-state index in [9.17, 15) is 19.2 Å². The van der Waals surface area contributed by atoms with Crippen LogP contribution in [0.1, 0.15) is 0 Å². The van der Waals surface area contributed by atoms with E-state index in [0.29, 0.717) is 0 Å². The van der Waals surface area contributed by atoms with Crippen LogP contribution in [0.2, 0.25) is 0 Å². The smallest absolute Gasteiger partial charge is 0.332 e. The molecule has 0 aromatic rings. The van der Waals surface area contributed by atoms with Crippen molar-refractivity contribution in [2.45, 2.75) is 0 Å². The Morgan fingerprint density at radius 2 is 0.690 bits per heavy atom. The molecule has 29 heavy (non-hydrogen) atoms. The molecule has 12 heteroatoms. The summed E-state index contributed by atoms with van der Waals surface area (Å²) >= 11 is 0. The Labute approximate surface area is 168 Å². The molecule has 168 valence electrons. The Morgan fingerprint density at radius 1 is 0.483 bits per heavy atom. The summed E-state index contributed by atoms with van der Waals surface area (Å²) in [7, 11) is 5.22. The van der Waals surface area contributed by atoms with E-state index in [-0.39, 0.29) is 26.4 Å². The van der Waals surface area contributed by atoms with E-state index in [2.05, 4.69) is 18.9 Å². The highest BCUT2D eigenvalue weighted by atomic mass is 16.6. The Kier molecular flexibility index (Phi) is 14.4. The lowest BCUT2D eigenvalue weighted by molar-refractivity contribution is -0.175. The molecule has 0 heterocycles. The first-order valence-corrected chi connectivity index (χ1v) is 8.40. The summed E-state index contributed by atoms with van der Waals surface area (Å²) in [6.07, 6.45) is 0. The van der Waals surface area contributed by atoms with Crippen LogP contribution in [0.25, 0.3) is 0 Å². The van der Waals surface area contributed by atoms with Gasteiger partial charge in [-0.3, -0.25) is 0 Å². The molecule has 0 aliphatic heterocycles. The lowest BCUT2D eigenvalue weighted by Gasteiger charge is -2.31. The molecule has 0 aliphatic rings. The molecule has 0 aromatic carbocycles. The van der Waals surface area contributed by atoms with Gasteiger partial charge in [0.2, 0.25) is 0 Å². The van der Waals surface area contributed by atoms with E-state index in [1.807, 2.05) is 0 Å². The quantitative estimate of drug-likeness (QED) is 0.215. The normalized spacial score (nSPS) is 10.9. The molecule has 0 aromatic heterocycles. The third kappa shape index (κ3) is 12.7. The highest BCUT2D eigenvalue weighted by Gasteiger charge is 2.38. The number of methoxy groups -OCH3 is 4. The third-order valence-corrected chi connectivity index (χ3v) is 3.21. The second kappa shape index (κ2) is 15.6. The van der Waals surface area contributed by atoms with Gasteiger partial charge >= 0.3 is 23.9 Å². The second-order valence-corrected chi connectivity index (χ2v) is 5.87. The molecule has 0 saturated heterocycles. The van der Waals surface area contributed by atoms with Crippen molar-refractivity contribution < 1.29 is 57.1 Å². The van der Waals surface area contributed by atoms with Crippen molar-refractivity contribution in [3.8, 4) is 0 Å². The van der Waals surface area contributed by atoms with Gasteiger partial charge in [-0.1, -0.05) is 0 Å². The minimum atomic E-state index is -1.38. The molecule has 0 unspecified atom stereocenters. The van der Waals surface area contributed by atoms with Crippen LogP contribution in [0.15, 0.2) is 0 Å². The highest BCUT2D eigenvalue weighted by molar-refractivity contribution is 5.72. The van der Waals surface area contributed by atoms with Crippen molar-refractivity contribution in [3.63, 3.8) is 0 Å². The molecular formula is C17H28O12. The van der Waals surface area contributed by atoms with Gasteiger partial charge in [0.05, 0.1) is 0 Å². The predicted octanol–water partition coefficient (Wildman–Crippen LogP) is -1.27. The van der Waals surface area contributed by atoms with E-state index < -0.39 is 55.7 Å². The number of carbonyl (C=O) groups is 4. The van der Waals surface area contributed by atoms with Gasteiger partial charge in [-0.2, -0.15) is 0 Å². The maximum atomic E-state index is 11.7. The van der Waals surface area contributed by atoms with E-state index in [1.54, 1.807) is 0 Å². The van der Waals surface area contributed by atoms with Gasteiger partial charge in [-0.25, -0.2) is 19.2 Å². The Balaban J connectivity index is 5.35. The second-order valence-electron chi connectivity index (χ2n) is 5.87. The summed E-state index contributed by atoms with van der Waals surface area (Å²) < 4.78 is 39.1. The fraction of sp³-hybridized carbons (Fsp3) is 0.765. The summed E-state index contributed by atoms with van der Waals surface area (Å²) in [5, 5.41) is 0. The molecule has 0 N–H and O–H groups in total. The summed E-state index contributed by atoms with van der Waals surface area (Å²) in [6, 6.07) is 0. The van der Waals surface area contributed by atoms with E-state index in [1.165, 1.54) is 28.4 Å². The number of carbonyl (C=O) groups excluding carboxylic acids is 4. The number of rotatable bonds is 16. The van der Waals surface area contributed by atoms with Crippen LogP contribution < -0.4 is 0 Å². The van der Waals surface area contributed by atoms with E-state index >= 15 is 0 Å². The number of hydrogen-bond acceptors (Lipinski definition) is 12. The molecule has 0 aliphatic carbocycles. The van der Waals surface area contributed by atoms with Gasteiger partial charge in [0.15, 0.2) is 0 Å². The Morgan fingerprint density at radius 3 is 0.862 bits per heavy atom. The molecule has 0 rings (SSSR count). The lowest BCUT2D eigenvalue weighted by Crippen LogP contribution is -2.44. The van der Waals surface area contributed by atoms with Gasteiger partial charge in [0.25, 0.3) is 0 Å². The molecule has 0 saturated carbocycles. The predicted molar refractivity (Wildman–Crippen MR) is 93.8 cm³/mol. The average molecular weight is 424 g/mol. The fourth-order valence-corrected chi connectivity index (χ4v) is 1.82. The van der Waals surface area contributed by atoms with E-state index in [0.717, 1.165) is 0 Å². The Hall–Kier alpha value is -2.28. The molecule has 0 amide bonds. The standard InChI is InChI=1S/C17H28O12/c1-22-5-13(18)26-9-17(10-27-14(19)6-23-2,11-28-15(20)7-24-3)12-29-16(21)8-25-4/h5-12H2,1-4H3. The minimum absolute atomic E-state index is 0.327. The van der Waals surface area contributed by atoms with Gasteiger partial charge in [0.1, 0.15) is 58.3 Å². The van der Waals surface area contributed by atoms with E-state index in [4.69, 9.17) is 18.9 Å². The van der Waals surface area contributed by atoms with Gasteiger partial charge in [-0.15, -0.1) is 0 Å². The Bertz CT molecular complexity index is 425. The zero-order valence-corrected chi connectivity index (χ0v) is 17.1. The SMILES string of the molecule is COCC(=O)OCC(COC(=O)COC)(COC(=O)COC)COC(=O)COC. The summed E-state index contributed by atoms with van der Waals surface area (Å²) in [4.78, 5) is 46.7. The van der Waals surface area contributed by atoms with Crippen molar-refractivity contribution in [1.82, 2.24) is 0 Å². The van der Waals surface area contributed by atoms with Crippen molar-refractivity contribution in [1.29, 1.82) is 0 Å². The highest BCUT2D eigenvalue weighted by Crippen LogP contribution is 2.21. The lowest BCUT2D eigenvalue weighted by atomic mass is 9.92. The molecule has 0 fully saturated rings. The average Bonchev–Trinajstić information content (AvgIpc) is 2.68. The third-order valence-electron chi connectivity index (χ3n) is 3.21. The van der Waals surface area contributed by atoms with Gasteiger partial charge in [0, 0.05) is 28.4 Å². The van der Waals surface area contributed by atoms with Crippen molar-refractivity contribution in [2.24, 2.45) is 5.41 Å². The monoisotopic (exact) mass is 424 g/mol. The number of esters is 4. The molecule has 0 spiro atoms. The summed E-state index contributed by atoms with van der Waals surface area (Å²) in [5.74, 6) is -2.86. The maximum absolute atomic E-state index is 11.7. The summed E-state index contributed by atoms with van der Waals surface area (Å²) in [6.45, 7) is -2.88. The van der Waals surface area contributed by atoms with Crippen molar-refractivity contribution in [3.05, 3.63) is 0 Å². The molecule has 0 atom stereocenters.